The number of carbonyl (C=O) groups excluding carboxylic acids is 3. The number of amides is 3. The molecular formula is C26H21ClN2O4S. The maximum Gasteiger partial charge on any atom is 0.293 e. The summed E-state index contributed by atoms with van der Waals surface area (Å²) < 4.78 is 5.61. The average molecular weight is 493 g/mol. The molecule has 0 aromatic heterocycles. The standard InChI is InChI=1S/C26H21ClN2O4S/c1-17-8-10-21(11-9-17)28-24(30)16-33-22-7-3-4-18(13-22)14-23-25(31)29(26(32)34-23)15-19-5-2-6-20(27)12-19/h2-14H,15-16H2,1H3,(H,28,30)/b23-14-. The van der Waals surface area contributed by atoms with Gasteiger partial charge in [0.05, 0.1) is 11.4 Å². The Bertz CT molecular complexity index is 1270. The van der Waals surface area contributed by atoms with Gasteiger partial charge in [-0.3, -0.25) is 19.3 Å². The van der Waals surface area contributed by atoms with E-state index in [1.165, 1.54) is 4.90 Å². The lowest BCUT2D eigenvalue weighted by atomic mass is 10.2. The van der Waals surface area contributed by atoms with E-state index in [4.69, 9.17) is 16.3 Å². The van der Waals surface area contributed by atoms with Crippen molar-refractivity contribution in [1.29, 1.82) is 0 Å². The lowest BCUT2D eigenvalue weighted by Gasteiger charge is -2.12. The molecular weight excluding hydrogens is 472 g/mol. The van der Waals surface area contributed by atoms with E-state index >= 15 is 0 Å². The minimum absolute atomic E-state index is 0.155. The topological polar surface area (TPSA) is 75.7 Å². The minimum Gasteiger partial charge on any atom is -0.484 e. The second-order valence-corrected chi connectivity index (χ2v) is 9.10. The molecule has 1 saturated heterocycles. The SMILES string of the molecule is Cc1ccc(NC(=O)COc2cccc(/C=C3\SC(=O)N(Cc4cccc(Cl)c4)C3=O)c2)cc1. The summed E-state index contributed by atoms with van der Waals surface area (Å²) >= 11 is 6.89. The number of halogens is 1. The molecule has 0 bridgehead atoms. The number of nitrogens with one attached hydrogen (secondary N) is 1. The first-order chi connectivity index (χ1) is 16.4. The fraction of sp³-hybridized carbons (Fsp3) is 0.115. The van der Waals surface area contributed by atoms with Crippen LogP contribution >= 0.6 is 23.4 Å². The molecule has 1 heterocycles. The fourth-order valence-corrected chi connectivity index (χ4v) is 4.33. The summed E-state index contributed by atoms with van der Waals surface area (Å²) in [5, 5.41) is 2.99. The van der Waals surface area contributed by atoms with Crippen molar-refractivity contribution in [2.45, 2.75) is 13.5 Å². The van der Waals surface area contributed by atoms with Gasteiger partial charge in [-0.15, -0.1) is 0 Å². The van der Waals surface area contributed by atoms with E-state index in [1.54, 1.807) is 48.5 Å². The predicted octanol–water partition coefficient (Wildman–Crippen LogP) is 5.90. The van der Waals surface area contributed by atoms with E-state index < -0.39 is 0 Å². The maximum atomic E-state index is 12.8. The number of nitrogens with zero attached hydrogens (tertiary/aromatic N) is 1. The highest BCUT2D eigenvalue weighted by molar-refractivity contribution is 8.18. The first kappa shape index (κ1) is 23.6. The van der Waals surface area contributed by atoms with Gasteiger partial charge in [-0.1, -0.05) is 53.6 Å². The van der Waals surface area contributed by atoms with E-state index in [0.29, 0.717) is 26.9 Å². The molecule has 4 rings (SSSR count). The minimum atomic E-state index is -0.362. The van der Waals surface area contributed by atoms with E-state index in [0.717, 1.165) is 22.9 Å². The normalized spacial score (nSPS) is 14.5. The van der Waals surface area contributed by atoms with Crippen molar-refractivity contribution in [3.05, 3.63) is 99.4 Å². The lowest BCUT2D eigenvalue weighted by molar-refractivity contribution is -0.123. The van der Waals surface area contributed by atoms with E-state index in [2.05, 4.69) is 5.32 Å². The second-order valence-electron chi connectivity index (χ2n) is 7.67. The largest absolute Gasteiger partial charge is 0.484 e. The smallest absolute Gasteiger partial charge is 0.293 e. The summed E-state index contributed by atoms with van der Waals surface area (Å²) in [7, 11) is 0. The Morgan fingerprint density at radius 2 is 1.82 bits per heavy atom. The van der Waals surface area contributed by atoms with Crippen molar-refractivity contribution in [1.82, 2.24) is 4.90 Å². The van der Waals surface area contributed by atoms with Crippen LogP contribution in [0.2, 0.25) is 5.02 Å². The molecule has 34 heavy (non-hydrogen) atoms. The van der Waals surface area contributed by atoms with Crippen LogP contribution in [0.5, 0.6) is 5.75 Å². The fourth-order valence-electron chi connectivity index (χ4n) is 3.28. The van der Waals surface area contributed by atoms with Gasteiger partial charge in [0.15, 0.2) is 6.61 Å². The summed E-state index contributed by atoms with van der Waals surface area (Å²) in [6.45, 7) is 1.97. The van der Waals surface area contributed by atoms with E-state index in [1.807, 2.05) is 37.3 Å². The highest BCUT2D eigenvalue weighted by Crippen LogP contribution is 2.34. The Morgan fingerprint density at radius 3 is 2.59 bits per heavy atom. The highest BCUT2D eigenvalue weighted by Gasteiger charge is 2.35. The van der Waals surface area contributed by atoms with Crippen molar-refractivity contribution in [2.24, 2.45) is 0 Å². The number of hydrogen-bond acceptors (Lipinski definition) is 5. The summed E-state index contributed by atoms with van der Waals surface area (Å²) in [6, 6.07) is 21.5. The summed E-state index contributed by atoms with van der Waals surface area (Å²) in [6.07, 6.45) is 1.64. The van der Waals surface area contributed by atoms with Crippen molar-refractivity contribution in [2.75, 3.05) is 11.9 Å². The van der Waals surface area contributed by atoms with Crippen LogP contribution in [0.25, 0.3) is 6.08 Å². The molecule has 1 N–H and O–H groups in total. The van der Waals surface area contributed by atoms with Crippen LogP contribution < -0.4 is 10.1 Å². The van der Waals surface area contributed by atoms with Crippen molar-refractivity contribution in [3.63, 3.8) is 0 Å². The van der Waals surface area contributed by atoms with E-state index in [9.17, 15) is 14.4 Å². The van der Waals surface area contributed by atoms with Gasteiger partial charge in [-0.05, 0) is 72.3 Å². The molecule has 172 valence electrons. The van der Waals surface area contributed by atoms with Crippen LogP contribution in [0.3, 0.4) is 0 Å². The first-order valence-electron chi connectivity index (χ1n) is 10.5. The molecule has 1 fully saturated rings. The number of benzene rings is 3. The third kappa shape index (κ3) is 6.07. The van der Waals surface area contributed by atoms with E-state index in [-0.39, 0.29) is 30.2 Å². The zero-order valence-corrected chi connectivity index (χ0v) is 19.9. The lowest BCUT2D eigenvalue weighted by Crippen LogP contribution is -2.27. The number of ether oxygens (including phenoxy) is 1. The predicted molar refractivity (Wildman–Crippen MR) is 135 cm³/mol. The molecule has 3 amide bonds. The number of hydrogen-bond donors (Lipinski definition) is 1. The Kier molecular flexibility index (Phi) is 7.35. The number of anilines is 1. The van der Waals surface area contributed by atoms with Gasteiger partial charge >= 0.3 is 0 Å². The van der Waals surface area contributed by atoms with Crippen LogP contribution in [0.4, 0.5) is 10.5 Å². The van der Waals surface area contributed by atoms with Gasteiger partial charge in [0, 0.05) is 10.7 Å². The quantitative estimate of drug-likeness (QED) is 0.415. The Morgan fingerprint density at radius 1 is 1.06 bits per heavy atom. The monoisotopic (exact) mass is 492 g/mol. The number of thioether (sulfide) groups is 1. The third-order valence-electron chi connectivity index (χ3n) is 4.96. The van der Waals surface area contributed by atoms with Gasteiger partial charge in [0.1, 0.15) is 5.75 Å². The van der Waals surface area contributed by atoms with Crippen LogP contribution in [0, 0.1) is 6.92 Å². The molecule has 0 unspecified atom stereocenters. The molecule has 3 aromatic carbocycles. The number of carbonyl (C=O) groups is 3. The molecule has 6 nitrogen and oxygen atoms in total. The molecule has 1 aliphatic rings. The summed E-state index contributed by atoms with van der Waals surface area (Å²) in [5.74, 6) is -0.166. The molecule has 0 aliphatic carbocycles. The van der Waals surface area contributed by atoms with Gasteiger partial charge in [-0.25, -0.2) is 0 Å². The third-order valence-corrected chi connectivity index (χ3v) is 6.11. The molecule has 8 heteroatoms. The van der Waals surface area contributed by atoms with Gasteiger partial charge < -0.3 is 10.1 Å². The molecule has 0 radical (unpaired) electrons. The maximum absolute atomic E-state index is 12.8. The van der Waals surface area contributed by atoms with Crippen molar-refractivity contribution < 1.29 is 19.1 Å². The number of rotatable bonds is 7. The van der Waals surface area contributed by atoms with Gasteiger partial charge in [0.2, 0.25) is 0 Å². The molecule has 0 spiro atoms. The molecule has 3 aromatic rings. The Balaban J connectivity index is 1.38. The summed E-state index contributed by atoms with van der Waals surface area (Å²) in [4.78, 5) is 38.9. The van der Waals surface area contributed by atoms with Crippen LogP contribution in [-0.2, 0) is 16.1 Å². The zero-order valence-electron chi connectivity index (χ0n) is 18.3. The Hall–Kier alpha value is -3.55. The molecule has 0 atom stereocenters. The van der Waals surface area contributed by atoms with Crippen LogP contribution in [0.1, 0.15) is 16.7 Å². The van der Waals surface area contributed by atoms with Gasteiger partial charge in [-0.2, -0.15) is 0 Å². The van der Waals surface area contributed by atoms with Crippen molar-refractivity contribution in [3.8, 4) is 5.75 Å². The molecule has 0 saturated carbocycles. The second kappa shape index (κ2) is 10.6. The Labute approximate surface area is 206 Å². The van der Waals surface area contributed by atoms with Gasteiger partial charge in [0.25, 0.3) is 17.1 Å². The first-order valence-corrected chi connectivity index (χ1v) is 11.7. The van der Waals surface area contributed by atoms with Crippen LogP contribution in [0.15, 0.2) is 77.7 Å². The summed E-state index contributed by atoms with van der Waals surface area (Å²) in [5.41, 5.74) is 3.26. The van der Waals surface area contributed by atoms with Crippen molar-refractivity contribution >= 4 is 52.2 Å². The highest BCUT2D eigenvalue weighted by atomic mass is 35.5. The molecule has 1 aliphatic heterocycles. The number of imide groups is 1. The average Bonchev–Trinajstić information content (AvgIpc) is 3.07. The zero-order chi connectivity index (χ0) is 24.1. The number of aryl methyl sites for hydroxylation is 1. The van der Waals surface area contributed by atoms with Crippen LogP contribution in [-0.4, -0.2) is 28.6 Å².